The molecule has 0 aromatic heterocycles. The molecular weight excluding hydrogens is 296 g/mol. The van der Waals surface area contributed by atoms with E-state index in [1.54, 1.807) is 18.2 Å². The van der Waals surface area contributed by atoms with Crippen LogP contribution in [0.1, 0.15) is 25.8 Å². The van der Waals surface area contributed by atoms with Gasteiger partial charge in [0.1, 0.15) is 4.99 Å². The topological polar surface area (TPSA) is 81.4 Å². The summed E-state index contributed by atoms with van der Waals surface area (Å²) in [5.41, 5.74) is 5.32. The van der Waals surface area contributed by atoms with Crippen molar-refractivity contribution in [2.45, 2.75) is 36.8 Å². The van der Waals surface area contributed by atoms with Gasteiger partial charge in [0.05, 0.1) is 16.5 Å². The summed E-state index contributed by atoms with van der Waals surface area (Å²) in [5, 5.41) is 0. The first kappa shape index (κ1) is 15.4. The monoisotopic (exact) mass is 314 g/mol. The van der Waals surface area contributed by atoms with Gasteiger partial charge in [-0.3, -0.25) is 0 Å². The number of hydrogen-bond acceptors (Lipinski definition) is 4. The predicted molar refractivity (Wildman–Crippen MR) is 81.1 cm³/mol. The first-order valence-electron chi connectivity index (χ1n) is 6.31. The van der Waals surface area contributed by atoms with Crippen molar-refractivity contribution in [1.29, 1.82) is 0 Å². The highest BCUT2D eigenvalue weighted by Crippen LogP contribution is 2.28. The van der Waals surface area contributed by atoms with Crippen molar-refractivity contribution in [3.8, 4) is 0 Å². The van der Waals surface area contributed by atoms with Crippen LogP contribution in [0.25, 0.3) is 0 Å². The lowest BCUT2D eigenvalue weighted by molar-refractivity contribution is 0.0957. The molecule has 0 radical (unpaired) electrons. The van der Waals surface area contributed by atoms with Gasteiger partial charge in [-0.2, -0.15) is 0 Å². The van der Waals surface area contributed by atoms with Gasteiger partial charge < -0.3 is 10.5 Å². The molecule has 1 aromatic rings. The number of benzene rings is 1. The second-order valence-corrected chi connectivity index (χ2v) is 7.24. The molecule has 0 aliphatic carbocycles. The van der Waals surface area contributed by atoms with E-state index in [4.69, 9.17) is 22.7 Å². The predicted octanol–water partition coefficient (Wildman–Crippen LogP) is 1.17. The smallest absolute Gasteiger partial charge is 0.241 e. The molecule has 110 valence electrons. The largest absolute Gasteiger partial charge is 0.389 e. The molecule has 20 heavy (non-hydrogen) atoms. The van der Waals surface area contributed by atoms with Crippen LogP contribution in [0.2, 0.25) is 0 Å². The number of ether oxygens (including phenoxy) is 1. The van der Waals surface area contributed by atoms with Gasteiger partial charge in [-0.15, -0.1) is 0 Å². The third-order valence-electron chi connectivity index (χ3n) is 3.70. The molecule has 3 N–H and O–H groups in total. The van der Waals surface area contributed by atoms with Gasteiger partial charge in [0.15, 0.2) is 0 Å². The van der Waals surface area contributed by atoms with E-state index in [9.17, 15) is 8.42 Å². The standard InChI is InChI=1S/C13H18N2O3S2/c1-9-13(2,7-8-18-9)15-20(16,17)11-6-4-3-5-10(11)12(14)19/h3-6,9,15H,7-8H2,1-2H3,(H2,14,19). The highest BCUT2D eigenvalue weighted by Gasteiger charge is 2.41. The zero-order valence-corrected chi connectivity index (χ0v) is 13.1. The molecule has 1 heterocycles. The molecule has 0 saturated carbocycles. The van der Waals surface area contributed by atoms with Crippen molar-refractivity contribution in [3.05, 3.63) is 29.8 Å². The van der Waals surface area contributed by atoms with Crippen molar-refractivity contribution in [1.82, 2.24) is 4.72 Å². The van der Waals surface area contributed by atoms with E-state index in [0.29, 0.717) is 18.6 Å². The number of thiocarbonyl (C=S) groups is 1. The fraction of sp³-hybridized carbons (Fsp3) is 0.462. The van der Waals surface area contributed by atoms with Gasteiger partial charge >= 0.3 is 0 Å². The number of nitrogens with one attached hydrogen (secondary N) is 1. The van der Waals surface area contributed by atoms with Crippen LogP contribution in [-0.2, 0) is 14.8 Å². The Hall–Kier alpha value is -1.02. The molecule has 1 aliphatic heterocycles. The maximum Gasteiger partial charge on any atom is 0.241 e. The molecule has 2 unspecified atom stereocenters. The van der Waals surface area contributed by atoms with E-state index in [2.05, 4.69) is 4.72 Å². The Kier molecular flexibility index (Phi) is 4.15. The number of hydrogen-bond donors (Lipinski definition) is 2. The quantitative estimate of drug-likeness (QED) is 0.815. The van der Waals surface area contributed by atoms with Crippen molar-refractivity contribution in [2.24, 2.45) is 5.73 Å². The molecule has 2 rings (SSSR count). The molecule has 1 fully saturated rings. The van der Waals surface area contributed by atoms with Crippen LogP contribution in [0.15, 0.2) is 29.2 Å². The Bertz CT molecular complexity index is 630. The highest BCUT2D eigenvalue weighted by molar-refractivity contribution is 7.89. The Balaban J connectivity index is 2.39. The molecule has 0 amide bonds. The van der Waals surface area contributed by atoms with Crippen LogP contribution in [0.4, 0.5) is 0 Å². The van der Waals surface area contributed by atoms with Gasteiger partial charge in [-0.05, 0) is 26.3 Å². The van der Waals surface area contributed by atoms with Crippen LogP contribution in [-0.4, -0.2) is 31.7 Å². The first-order chi connectivity index (χ1) is 9.26. The summed E-state index contributed by atoms with van der Waals surface area (Å²) in [6.45, 7) is 4.23. The normalized spacial score (nSPS) is 26.6. The van der Waals surface area contributed by atoms with Crippen LogP contribution in [0.3, 0.4) is 0 Å². The Morgan fingerprint density at radius 2 is 2.15 bits per heavy atom. The average Bonchev–Trinajstić information content (AvgIpc) is 2.68. The second kappa shape index (κ2) is 5.40. The fourth-order valence-electron chi connectivity index (χ4n) is 2.24. The van der Waals surface area contributed by atoms with E-state index < -0.39 is 15.6 Å². The third-order valence-corrected chi connectivity index (χ3v) is 5.59. The van der Waals surface area contributed by atoms with Gasteiger partial charge in [0, 0.05) is 12.2 Å². The van der Waals surface area contributed by atoms with Crippen molar-refractivity contribution < 1.29 is 13.2 Å². The van der Waals surface area contributed by atoms with E-state index in [0.717, 1.165) is 0 Å². The maximum absolute atomic E-state index is 12.6. The molecule has 1 saturated heterocycles. The molecule has 1 aromatic carbocycles. The highest BCUT2D eigenvalue weighted by atomic mass is 32.2. The minimum absolute atomic E-state index is 0.0619. The van der Waals surface area contributed by atoms with Crippen molar-refractivity contribution in [2.75, 3.05) is 6.61 Å². The molecule has 1 aliphatic rings. The first-order valence-corrected chi connectivity index (χ1v) is 8.20. The summed E-state index contributed by atoms with van der Waals surface area (Å²) in [6.07, 6.45) is 0.442. The lowest BCUT2D eigenvalue weighted by atomic mass is 9.97. The zero-order valence-electron chi connectivity index (χ0n) is 11.4. The van der Waals surface area contributed by atoms with E-state index in [-0.39, 0.29) is 16.0 Å². The summed E-state index contributed by atoms with van der Waals surface area (Å²) in [6, 6.07) is 6.46. The van der Waals surface area contributed by atoms with E-state index in [1.165, 1.54) is 6.07 Å². The molecule has 2 atom stereocenters. The van der Waals surface area contributed by atoms with Gasteiger partial charge in [0.25, 0.3) is 0 Å². The van der Waals surface area contributed by atoms with Crippen LogP contribution < -0.4 is 10.5 Å². The van der Waals surface area contributed by atoms with E-state index in [1.807, 2.05) is 13.8 Å². The molecule has 7 heteroatoms. The Morgan fingerprint density at radius 1 is 1.50 bits per heavy atom. The summed E-state index contributed by atoms with van der Waals surface area (Å²) in [5.74, 6) is 0. The van der Waals surface area contributed by atoms with Crippen LogP contribution in [0, 0.1) is 0 Å². The lowest BCUT2D eigenvalue weighted by Gasteiger charge is -2.28. The Labute approximate surface area is 124 Å². The van der Waals surface area contributed by atoms with Crippen molar-refractivity contribution in [3.63, 3.8) is 0 Å². The molecule has 0 spiro atoms. The van der Waals surface area contributed by atoms with Crippen molar-refractivity contribution >= 4 is 27.2 Å². The minimum Gasteiger partial charge on any atom is -0.389 e. The van der Waals surface area contributed by atoms with E-state index >= 15 is 0 Å². The lowest BCUT2D eigenvalue weighted by Crippen LogP contribution is -2.50. The fourth-order valence-corrected chi connectivity index (χ4v) is 4.20. The zero-order chi connectivity index (χ0) is 15.0. The number of sulfonamides is 1. The molecule has 5 nitrogen and oxygen atoms in total. The summed E-state index contributed by atoms with van der Waals surface area (Å²) in [4.78, 5) is 0.166. The van der Waals surface area contributed by atoms with Gasteiger partial charge in [-0.25, -0.2) is 13.1 Å². The molecular formula is C13H18N2O3S2. The van der Waals surface area contributed by atoms with Gasteiger partial charge in [0.2, 0.25) is 10.0 Å². The molecule has 0 bridgehead atoms. The Morgan fingerprint density at radius 3 is 2.70 bits per heavy atom. The summed E-state index contributed by atoms with van der Waals surface area (Å²) in [7, 11) is -3.71. The second-order valence-electron chi connectivity index (χ2n) is 5.15. The minimum atomic E-state index is -3.71. The van der Waals surface area contributed by atoms with Crippen LogP contribution >= 0.6 is 12.2 Å². The average molecular weight is 314 g/mol. The summed E-state index contributed by atoms with van der Waals surface area (Å²) >= 11 is 4.91. The SMILES string of the molecule is CC1OCCC1(C)NS(=O)(=O)c1ccccc1C(N)=S. The third kappa shape index (κ3) is 2.85. The maximum atomic E-state index is 12.6. The van der Waals surface area contributed by atoms with Gasteiger partial charge in [-0.1, -0.05) is 30.4 Å². The number of rotatable bonds is 4. The number of nitrogens with two attached hydrogens (primary N) is 1. The summed E-state index contributed by atoms with van der Waals surface area (Å²) < 4.78 is 33.3. The van der Waals surface area contributed by atoms with Crippen LogP contribution in [0.5, 0.6) is 0 Å².